The van der Waals surface area contributed by atoms with Gasteiger partial charge in [0.15, 0.2) is 6.17 Å². The quantitative estimate of drug-likeness (QED) is 0.163. The van der Waals surface area contributed by atoms with Crippen molar-refractivity contribution in [2.45, 2.75) is 120 Å². The number of ether oxygens (including phenoxy) is 1. The number of para-hydroxylation sites is 1. The van der Waals surface area contributed by atoms with E-state index in [-0.39, 0.29) is 18.0 Å². The lowest BCUT2D eigenvalue weighted by Gasteiger charge is -2.33. The van der Waals surface area contributed by atoms with Gasteiger partial charge >= 0.3 is 0 Å². The molecule has 8 aliphatic rings. The zero-order valence-electron chi connectivity index (χ0n) is 39.5. The number of aliphatic imine (C=N–C) groups is 2. The Balaban J connectivity index is 0.903. The fourth-order valence-corrected chi connectivity index (χ4v) is 12.7. The first-order valence-electron chi connectivity index (χ1n) is 26.0. The molecule has 4 aromatic carbocycles. The Morgan fingerprint density at radius 3 is 2.38 bits per heavy atom. The minimum Gasteiger partial charge on any atom is -0.461 e. The van der Waals surface area contributed by atoms with Gasteiger partial charge in [0.25, 0.3) is 0 Å². The SMILES string of the molecule is C1=CCCC(C2=CC(c3ccccc3)CC(c3ccc(C4CC=C5Oc6cc7c(cc6C5C4)c4c(n7-c5ccccc5)CCCC4)c(C4=NC(C5=CCCC=C5)N=C(NC5=CCCC=C5)N4)c3)C2)=C1. The molecular weight excluding hydrogens is 843 g/mol. The van der Waals surface area contributed by atoms with E-state index in [1.807, 2.05) is 0 Å². The third-order valence-electron chi connectivity index (χ3n) is 16.1. The van der Waals surface area contributed by atoms with Gasteiger partial charge in [-0.15, -0.1) is 0 Å². The molecule has 2 aliphatic heterocycles. The van der Waals surface area contributed by atoms with E-state index >= 15 is 0 Å². The van der Waals surface area contributed by atoms with Gasteiger partial charge in [-0.2, -0.15) is 0 Å². The molecule has 0 bridgehead atoms. The summed E-state index contributed by atoms with van der Waals surface area (Å²) in [6.07, 6.45) is 40.2. The lowest BCUT2D eigenvalue weighted by atomic mass is 9.72. The molecule has 69 heavy (non-hydrogen) atoms. The van der Waals surface area contributed by atoms with Crippen LogP contribution in [0.4, 0.5) is 0 Å². The van der Waals surface area contributed by atoms with Crippen molar-refractivity contribution < 1.29 is 4.74 Å². The summed E-state index contributed by atoms with van der Waals surface area (Å²) in [6.45, 7) is 0. The van der Waals surface area contributed by atoms with Crippen LogP contribution in [0, 0.1) is 0 Å². The second kappa shape index (κ2) is 18.2. The number of nitrogens with one attached hydrogen (secondary N) is 2. The zero-order chi connectivity index (χ0) is 45.7. The van der Waals surface area contributed by atoms with Crippen LogP contribution in [0.2, 0.25) is 0 Å². The average molecular weight is 904 g/mol. The molecule has 1 aromatic heterocycles. The Labute approximate surface area is 407 Å². The first-order valence-corrected chi connectivity index (χ1v) is 26.0. The number of hydrogen-bond acceptors (Lipinski definition) is 5. The van der Waals surface area contributed by atoms with Crippen molar-refractivity contribution >= 4 is 22.7 Å². The smallest absolute Gasteiger partial charge is 0.203 e. The van der Waals surface area contributed by atoms with Crippen LogP contribution in [0.5, 0.6) is 5.75 Å². The van der Waals surface area contributed by atoms with Gasteiger partial charge in [-0.25, -0.2) is 9.98 Å². The fraction of sp³-hybridized carbons (Fsp3) is 0.302. The van der Waals surface area contributed by atoms with Gasteiger partial charge in [0.1, 0.15) is 17.3 Å². The first-order chi connectivity index (χ1) is 34.2. The van der Waals surface area contributed by atoms with E-state index in [1.54, 1.807) is 0 Å². The zero-order valence-corrected chi connectivity index (χ0v) is 39.5. The van der Waals surface area contributed by atoms with Gasteiger partial charge < -0.3 is 19.9 Å². The lowest BCUT2D eigenvalue weighted by molar-refractivity contribution is 0.391. The Kier molecular flexibility index (Phi) is 11.1. The van der Waals surface area contributed by atoms with Crippen molar-refractivity contribution in [3.8, 4) is 11.4 Å². The number of amidine groups is 1. The van der Waals surface area contributed by atoms with Crippen molar-refractivity contribution in [2.24, 2.45) is 9.98 Å². The van der Waals surface area contributed by atoms with Gasteiger partial charge in [-0.1, -0.05) is 115 Å². The number of benzene rings is 4. The maximum Gasteiger partial charge on any atom is 0.203 e. The van der Waals surface area contributed by atoms with Crippen LogP contribution in [-0.2, 0) is 12.8 Å². The van der Waals surface area contributed by atoms with Gasteiger partial charge in [-0.3, -0.25) is 0 Å². The summed E-state index contributed by atoms with van der Waals surface area (Å²) in [6, 6.07) is 34.5. The predicted molar refractivity (Wildman–Crippen MR) is 282 cm³/mol. The number of rotatable bonds is 8. The van der Waals surface area contributed by atoms with Crippen LogP contribution < -0.4 is 15.4 Å². The van der Waals surface area contributed by atoms with E-state index in [1.165, 1.54) is 79.7 Å². The van der Waals surface area contributed by atoms with E-state index in [0.717, 1.165) is 112 Å². The molecule has 6 aliphatic carbocycles. The molecule has 0 spiro atoms. The molecule has 6 nitrogen and oxygen atoms in total. The summed E-state index contributed by atoms with van der Waals surface area (Å²) < 4.78 is 9.42. The molecule has 13 rings (SSSR count). The minimum absolute atomic E-state index is 0.195. The van der Waals surface area contributed by atoms with Gasteiger partial charge in [0.05, 0.1) is 5.52 Å². The molecule has 0 fully saturated rings. The molecule has 5 atom stereocenters. The van der Waals surface area contributed by atoms with Crippen molar-refractivity contribution in [1.82, 2.24) is 15.2 Å². The van der Waals surface area contributed by atoms with Crippen LogP contribution in [-0.4, -0.2) is 22.5 Å². The normalized spacial score (nSPS) is 24.8. The van der Waals surface area contributed by atoms with Crippen LogP contribution in [0.15, 0.2) is 196 Å². The number of hydrogen-bond donors (Lipinski definition) is 2. The summed E-state index contributed by atoms with van der Waals surface area (Å²) in [5.41, 5.74) is 17.4. The first kappa shape index (κ1) is 42.2. The van der Waals surface area contributed by atoms with Gasteiger partial charge in [0, 0.05) is 51.5 Å². The molecule has 0 saturated carbocycles. The number of nitrogens with zero attached hydrogens (tertiary/aromatic N) is 3. The fourth-order valence-electron chi connectivity index (χ4n) is 12.7. The van der Waals surface area contributed by atoms with E-state index in [2.05, 4.69) is 173 Å². The predicted octanol–water partition coefficient (Wildman–Crippen LogP) is 14.4. The Morgan fingerprint density at radius 2 is 1.55 bits per heavy atom. The van der Waals surface area contributed by atoms with Gasteiger partial charge in [0.2, 0.25) is 5.96 Å². The number of aryl methyl sites for hydroxylation is 1. The van der Waals surface area contributed by atoms with Crippen LogP contribution in [0.25, 0.3) is 16.6 Å². The number of allylic oxidation sites excluding steroid dienone is 13. The van der Waals surface area contributed by atoms with E-state index in [0.29, 0.717) is 11.8 Å². The maximum absolute atomic E-state index is 6.90. The maximum atomic E-state index is 6.90. The van der Waals surface area contributed by atoms with E-state index < -0.39 is 0 Å². The van der Waals surface area contributed by atoms with Crippen molar-refractivity contribution in [3.05, 3.63) is 225 Å². The molecule has 0 amide bonds. The standard InChI is InChI=1S/C63H61N5O/c1-6-18-41(19-7-1)46-34-47(42-20-8-2-9-21-42)36-48(35-46)44-30-32-51(56(37-44)62-65-61(43-22-10-3-11-23-43)66-63(67-62)64-49-24-12-4-13-25-49)45-31-33-59-54(38-45)55-39-53-52-28-16-17-29-57(52)68(50-26-14-5-15-27-50)58(53)40-60(55)69-59/h1-2,5-8,10,12,14-15,18-20,22-27,30,32-34,37,39-40,45-46,48,54,61H,3-4,9,11,13,16-17,21,28-29,31,35-36,38H2,(H2,64,65,66,67). The molecule has 344 valence electrons. The van der Waals surface area contributed by atoms with Crippen LogP contribution in [0.1, 0.15) is 140 Å². The average Bonchev–Trinajstić information content (AvgIpc) is 3.95. The second-order valence-corrected chi connectivity index (χ2v) is 20.4. The molecule has 6 heteroatoms. The topological polar surface area (TPSA) is 62.9 Å². The Bertz CT molecular complexity index is 3170. The second-order valence-electron chi connectivity index (χ2n) is 20.4. The molecule has 0 radical (unpaired) electrons. The van der Waals surface area contributed by atoms with Crippen molar-refractivity contribution in [1.29, 1.82) is 0 Å². The molecule has 2 N–H and O–H groups in total. The van der Waals surface area contributed by atoms with Crippen LogP contribution >= 0.6 is 0 Å². The van der Waals surface area contributed by atoms with E-state index in [4.69, 9.17) is 14.7 Å². The number of fused-ring (bicyclic) bond motifs is 6. The highest BCUT2D eigenvalue weighted by Gasteiger charge is 2.38. The number of aromatic nitrogens is 1. The Hall–Kier alpha value is -6.92. The summed E-state index contributed by atoms with van der Waals surface area (Å²) >= 11 is 0. The third-order valence-corrected chi connectivity index (χ3v) is 16.1. The lowest BCUT2D eigenvalue weighted by Crippen LogP contribution is -2.45. The monoisotopic (exact) mass is 903 g/mol. The van der Waals surface area contributed by atoms with Crippen LogP contribution in [0.3, 0.4) is 0 Å². The molecule has 5 aromatic rings. The Morgan fingerprint density at radius 1 is 0.696 bits per heavy atom. The largest absolute Gasteiger partial charge is 0.461 e. The highest BCUT2D eigenvalue weighted by Crippen LogP contribution is 2.53. The number of guanidine groups is 1. The summed E-state index contributed by atoms with van der Waals surface area (Å²) in [5, 5.41) is 8.91. The molecule has 5 unspecified atom stereocenters. The molecule has 0 saturated heterocycles. The molecular formula is C63H61N5O. The van der Waals surface area contributed by atoms with Crippen molar-refractivity contribution in [3.63, 3.8) is 0 Å². The summed E-state index contributed by atoms with van der Waals surface area (Å²) in [4.78, 5) is 10.8. The van der Waals surface area contributed by atoms with Gasteiger partial charge in [-0.05, 0) is 177 Å². The summed E-state index contributed by atoms with van der Waals surface area (Å²) in [5.74, 6) is 4.95. The van der Waals surface area contributed by atoms with Crippen molar-refractivity contribution in [2.75, 3.05) is 0 Å². The highest BCUT2D eigenvalue weighted by atomic mass is 16.5. The van der Waals surface area contributed by atoms with E-state index in [9.17, 15) is 0 Å². The third kappa shape index (κ3) is 8.12. The minimum atomic E-state index is -0.340. The molecule has 3 heterocycles. The summed E-state index contributed by atoms with van der Waals surface area (Å²) in [7, 11) is 0. The highest BCUT2D eigenvalue weighted by molar-refractivity contribution is 6.11.